The maximum atomic E-state index is 4.42. The molecule has 2 aromatic rings. The van der Waals surface area contributed by atoms with Gasteiger partial charge in [-0.3, -0.25) is 4.98 Å². The summed E-state index contributed by atoms with van der Waals surface area (Å²) in [6, 6.07) is 4.52. The average molecular weight is 244 g/mol. The first-order valence-electron chi connectivity index (χ1n) is 6.30. The van der Waals surface area contributed by atoms with Gasteiger partial charge in [0.05, 0.1) is 18.8 Å². The highest BCUT2D eigenvalue weighted by Crippen LogP contribution is 2.07. The Hall–Kier alpha value is -1.68. The Morgan fingerprint density at radius 2 is 2.11 bits per heavy atom. The van der Waals surface area contributed by atoms with Crippen LogP contribution in [0, 0.1) is 6.92 Å². The molecule has 4 heteroatoms. The molecule has 0 bridgehead atoms. The van der Waals surface area contributed by atoms with Crippen LogP contribution in [0.25, 0.3) is 0 Å². The van der Waals surface area contributed by atoms with Crippen LogP contribution in [0.15, 0.2) is 30.7 Å². The third kappa shape index (κ3) is 3.17. The van der Waals surface area contributed by atoms with Crippen molar-refractivity contribution in [2.75, 3.05) is 0 Å². The molecule has 0 aliphatic heterocycles. The number of pyridine rings is 1. The van der Waals surface area contributed by atoms with Crippen molar-refractivity contribution in [3.8, 4) is 0 Å². The van der Waals surface area contributed by atoms with E-state index in [4.69, 9.17) is 0 Å². The van der Waals surface area contributed by atoms with Crippen LogP contribution in [0.1, 0.15) is 30.9 Å². The van der Waals surface area contributed by atoms with Crippen molar-refractivity contribution in [3.05, 3.63) is 47.8 Å². The predicted octanol–water partition coefficient (Wildman–Crippen LogP) is 2.13. The van der Waals surface area contributed by atoms with Gasteiger partial charge in [0.15, 0.2) is 0 Å². The summed E-state index contributed by atoms with van der Waals surface area (Å²) in [5.74, 6) is 1.05. The zero-order chi connectivity index (χ0) is 13.0. The van der Waals surface area contributed by atoms with Crippen LogP contribution >= 0.6 is 0 Å². The zero-order valence-corrected chi connectivity index (χ0v) is 11.2. The molecule has 0 amide bonds. The molecule has 0 spiro atoms. The van der Waals surface area contributed by atoms with Crippen molar-refractivity contribution < 1.29 is 0 Å². The Kier molecular flexibility index (Phi) is 4.10. The smallest absolute Gasteiger partial charge is 0.123 e. The fourth-order valence-corrected chi connectivity index (χ4v) is 1.79. The topological polar surface area (TPSA) is 42.7 Å². The Labute approximate surface area is 108 Å². The minimum atomic E-state index is 0.465. The SMILES string of the molecule is Cc1cccnc1Cn1ccnc1CNC(C)C. The summed E-state index contributed by atoms with van der Waals surface area (Å²) in [6.45, 7) is 7.93. The highest BCUT2D eigenvalue weighted by molar-refractivity contribution is 5.18. The molecule has 18 heavy (non-hydrogen) atoms. The highest BCUT2D eigenvalue weighted by Gasteiger charge is 2.06. The van der Waals surface area contributed by atoms with E-state index in [1.165, 1.54) is 5.56 Å². The maximum Gasteiger partial charge on any atom is 0.123 e. The number of imidazole rings is 1. The normalized spacial score (nSPS) is 11.1. The third-order valence-electron chi connectivity index (χ3n) is 2.91. The summed E-state index contributed by atoms with van der Waals surface area (Å²) in [5, 5.41) is 3.38. The van der Waals surface area contributed by atoms with E-state index in [2.05, 4.69) is 46.7 Å². The van der Waals surface area contributed by atoms with Gasteiger partial charge in [0.2, 0.25) is 0 Å². The molecule has 0 atom stereocenters. The van der Waals surface area contributed by atoms with Gasteiger partial charge in [0.25, 0.3) is 0 Å². The van der Waals surface area contributed by atoms with E-state index in [1.54, 1.807) is 0 Å². The summed E-state index contributed by atoms with van der Waals surface area (Å²) in [7, 11) is 0. The first-order chi connectivity index (χ1) is 8.66. The number of rotatable bonds is 5. The number of aromatic nitrogens is 3. The number of aryl methyl sites for hydroxylation is 1. The second-order valence-electron chi connectivity index (χ2n) is 4.77. The van der Waals surface area contributed by atoms with E-state index in [0.29, 0.717) is 6.04 Å². The van der Waals surface area contributed by atoms with Gasteiger partial charge in [0.1, 0.15) is 5.82 Å². The Morgan fingerprint density at radius 3 is 2.83 bits per heavy atom. The average Bonchev–Trinajstić information content (AvgIpc) is 2.77. The fraction of sp³-hybridized carbons (Fsp3) is 0.429. The molecule has 2 heterocycles. The van der Waals surface area contributed by atoms with Crippen LogP contribution < -0.4 is 5.32 Å². The van der Waals surface area contributed by atoms with E-state index in [0.717, 1.165) is 24.6 Å². The first kappa shape index (κ1) is 12.8. The van der Waals surface area contributed by atoms with Crippen molar-refractivity contribution >= 4 is 0 Å². The van der Waals surface area contributed by atoms with Crippen molar-refractivity contribution in [2.24, 2.45) is 0 Å². The van der Waals surface area contributed by atoms with Gasteiger partial charge >= 0.3 is 0 Å². The van der Waals surface area contributed by atoms with E-state index >= 15 is 0 Å². The minimum absolute atomic E-state index is 0.465. The van der Waals surface area contributed by atoms with E-state index in [1.807, 2.05) is 24.7 Å². The lowest BCUT2D eigenvalue weighted by atomic mass is 10.2. The monoisotopic (exact) mass is 244 g/mol. The molecular weight excluding hydrogens is 224 g/mol. The molecule has 4 nitrogen and oxygen atoms in total. The highest BCUT2D eigenvalue weighted by atomic mass is 15.1. The molecule has 0 aliphatic rings. The van der Waals surface area contributed by atoms with Crippen LogP contribution in [0.2, 0.25) is 0 Å². The number of hydrogen-bond donors (Lipinski definition) is 1. The van der Waals surface area contributed by atoms with Crippen molar-refractivity contribution in [1.29, 1.82) is 0 Å². The summed E-state index contributed by atoms with van der Waals surface area (Å²) in [6.07, 6.45) is 5.69. The Morgan fingerprint density at radius 1 is 1.28 bits per heavy atom. The number of nitrogens with zero attached hydrogens (tertiary/aromatic N) is 3. The maximum absolute atomic E-state index is 4.42. The van der Waals surface area contributed by atoms with Crippen LogP contribution in [0.3, 0.4) is 0 Å². The summed E-state index contributed by atoms with van der Waals surface area (Å²) in [5.41, 5.74) is 2.32. The lowest BCUT2D eigenvalue weighted by Crippen LogP contribution is -2.24. The zero-order valence-electron chi connectivity index (χ0n) is 11.2. The molecule has 2 rings (SSSR count). The van der Waals surface area contributed by atoms with E-state index < -0.39 is 0 Å². The molecule has 0 saturated heterocycles. The summed E-state index contributed by atoms with van der Waals surface area (Å²) >= 11 is 0. The summed E-state index contributed by atoms with van der Waals surface area (Å²) in [4.78, 5) is 8.81. The molecule has 1 N–H and O–H groups in total. The lowest BCUT2D eigenvalue weighted by molar-refractivity contribution is 0.553. The van der Waals surface area contributed by atoms with E-state index in [-0.39, 0.29) is 0 Å². The van der Waals surface area contributed by atoms with Crippen LogP contribution in [0.5, 0.6) is 0 Å². The molecular formula is C14H20N4. The summed E-state index contributed by atoms with van der Waals surface area (Å²) < 4.78 is 2.14. The van der Waals surface area contributed by atoms with Gasteiger partial charge in [-0.15, -0.1) is 0 Å². The molecule has 0 radical (unpaired) electrons. The van der Waals surface area contributed by atoms with Crippen molar-refractivity contribution in [1.82, 2.24) is 19.9 Å². The Bertz CT molecular complexity index is 502. The minimum Gasteiger partial charge on any atom is -0.328 e. The number of hydrogen-bond acceptors (Lipinski definition) is 3. The lowest BCUT2D eigenvalue weighted by Gasteiger charge is -2.11. The molecule has 0 aromatic carbocycles. The van der Waals surface area contributed by atoms with Gasteiger partial charge < -0.3 is 9.88 Å². The van der Waals surface area contributed by atoms with Crippen LogP contribution in [-0.2, 0) is 13.1 Å². The quantitative estimate of drug-likeness (QED) is 0.876. The molecule has 0 unspecified atom stereocenters. The van der Waals surface area contributed by atoms with Gasteiger partial charge in [-0.1, -0.05) is 19.9 Å². The van der Waals surface area contributed by atoms with Gasteiger partial charge in [-0.2, -0.15) is 0 Å². The molecule has 2 aromatic heterocycles. The third-order valence-corrected chi connectivity index (χ3v) is 2.91. The fourth-order valence-electron chi connectivity index (χ4n) is 1.79. The van der Waals surface area contributed by atoms with Crippen LogP contribution in [0.4, 0.5) is 0 Å². The van der Waals surface area contributed by atoms with Crippen LogP contribution in [-0.4, -0.2) is 20.6 Å². The second kappa shape index (κ2) is 5.78. The van der Waals surface area contributed by atoms with E-state index in [9.17, 15) is 0 Å². The standard InChI is InChI=1S/C14H20N4/c1-11(2)17-9-14-16-7-8-18(14)10-13-12(3)5-4-6-15-13/h4-8,11,17H,9-10H2,1-3H3. The number of nitrogens with one attached hydrogen (secondary N) is 1. The molecule has 0 fully saturated rings. The molecule has 96 valence electrons. The largest absolute Gasteiger partial charge is 0.328 e. The van der Waals surface area contributed by atoms with Crippen molar-refractivity contribution in [3.63, 3.8) is 0 Å². The van der Waals surface area contributed by atoms with Crippen molar-refractivity contribution in [2.45, 2.75) is 39.9 Å². The predicted molar refractivity (Wildman–Crippen MR) is 72.3 cm³/mol. The molecule has 0 aliphatic carbocycles. The van der Waals surface area contributed by atoms with Gasteiger partial charge in [-0.25, -0.2) is 4.98 Å². The second-order valence-corrected chi connectivity index (χ2v) is 4.77. The Balaban J connectivity index is 2.10. The van der Waals surface area contributed by atoms with Gasteiger partial charge in [0, 0.05) is 24.6 Å². The first-order valence-corrected chi connectivity index (χ1v) is 6.30. The molecule has 0 saturated carbocycles. The van der Waals surface area contributed by atoms with Gasteiger partial charge in [-0.05, 0) is 18.6 Å².